The highest BCUT2D eigenvalue weighted by Crippen LogP contribution is 2.41. The van der Waals surface area contributed by atoms with Crippen LogP contribution in [0.25, 0.3) is 0 Å². The number of amidine groups is 1. The summed E-state index contributed by atoms with van der Waals surface area (Å²) in [5.74, 6) is 1.53. The fraction of sp³-hybridized carbons (Fsp3) is 0.846. The lowest BCUT2D eigenvalue weighted by atomic mass is 10.2. The minimum atomic E-state index is 0.124. The van der Waals surface area contributed by atoms with Crippen molar-refractivity contribution in [3.63, 3.8) is 0 Å². The van der Waals surface area contributed by atoms with Gasteiger partial charge < -0.3 is 10.6 Å². The normalized spacial score (nSPS) is 23.1. The van der Waals surface area contributed by atoms with E-state index in [1.165, 1.54) is 12.8 Å². The van der Waals surface area contributed by atoms with Crippen LogP contribution in [0.5, 0.6) is 0 Å². The third-order valence-electron chi connectivity index (χ3n) is 3.16. The van der Waals surface area contributed by atoms with Gasteiger partial charge in [0.1, 0.15) is 0 Å². The zero-order valence-electron chi connectivity index (χ0n) is 11.2. The van der Waals surface area contributed by atoms with Gasteiger partial charge in [-0.05, 0) is 24.7 Å². The maximum absolute atomic E-state index is 11.5. The van der Waals surface area contributed by atoms with Crippen molar-refractivity contribution in [1.82, 2.24) is 10.6 Å². The number of carbonyl (C=O) groups is 1. The molecule has 0 bridgehead atoms. The number of rotatable bonds is 6. The van der Waals surface area contributed by atoms with Crippen LogP contribution >= 0.6 is 11.8 Å². The van der Waals surface area contributed by atoms with Gasteiger partial charge in [-0.3, -0.25) is 9.79 Å². The number of hydrogen-bond acceptors (Lipinski definition) is 4. The van der Waals surface area contributed by atoms with Crippen LogP contribution in [0.2, 0.25) is 0 Å². The molecule has 1 unspecified atom stereocenters. The topological polar surface area (TPSA) is 53.5 Å². The van der Waals surface area contributed by atoms with E-state index < -0.39 is 0 Å². The molecular weight excluding hydrogens is 246 g/mol. The number of nitrogens with zero attached hydrogens (tertiary/aromatic N) is 1. The zero-order valence-corrected chi connectivity index (χ0v) is 12.1. The van der Waals surface area contributed by atoms with Gasteiger partial charge in [0.25, 0.3) is 0 Å². The van der Waals surface area contributed by atoms with Gasteiger partial charge in [0, 0.05) is 24.8 Å². The molecule has 0 saturated heterocycles. The van der Waals surface area contributed by atoms with Crippen LogP contribution < -0.4 is 10.6 Å². The van der Waals surface area contributed by atoms with Gasteiger partial charge in [-0.25, -0.2) is 0 Å². The van der Waals surface area contributed by atoms with E-state index in [9.17, 15) is 4.79 Å². The monoisotopic (exact) mass is 269 g/mol. The highest BCUT2D eigenvalue weighted by molar-refractivity contribution is 8.14. The highest BCUT2D eigenvalue weighted by Gasteiger charge is 2.35. The Morgan fingerprint density at radius 2 is 2.28 bits per heavy atom. The van der Waals surface area contributed by atoms with Gasteiger partial charge in [0.2, 0.25) is 5.91 Å². The molecule has 0 aromatic heterocycles. The molecule has 102 valence electrons. The Labute approximate surface area is 113 Å². The maximum atomic E-state index is 11.5. The second kappa shape index (κ2) is 6.45. The minimum absolute atomic E-state index is 0.124. The van der Waals surface area contributed by atoms with E-state index >= 15 is 0 Å². The fourth-order valence-electron chi connectivity index (χ4n) is 1.89. The molecule has 1 atom stereocenters. The summed E-state index contributed by atoms with van der Waals surface area (Å²) < 4.78 is 0. The molecule has 1 saturated carbocycles. The van der Waals surface area contributed by atoms with Crippen molar-refractivity contribution in [3.05, 3.63) is 0 Å². The molecule has 0 aromatic rings. The number of hydrogen-bond donors (Lipinski definition) is 2. The number of thioether (sulfide) groups is 1. The first kappa shape index (κ1) is 13.7. The van der Waals surface area contributed by atoms with Gasteiger partial charge in [-0.15, -0.1) is 0 Å². The Morgan fingerprint density at radius 3 is 2.94 bits per heavy atom. The maximum Gasteiger partial charge on any atom is 0.221 e. The summed E-state index contributed by atoms with van der Waals surface area (Å²) in [6.45, 7) is 6.60. The molecule has 1 fully saturated rings. The first-order chi connectivity index (χ1) is 8.65. The van der Waals surface area contributed by atoms with Crippen molar-refractivity contribution in [3.8, 4) is 0 Å². The third-order valence-corrected chi connectivity index (χ3v) is 4.49. The molecule has 0 spiro atoms. The van der Waals surface area contributed by atoms with E-state index in [-0.39, 0.29) is 5.91 Å². The smallest absolute Gasteiger partial charge is 0.221 e. The molecular formula is C13H23N3OS. The third kappa shape index (κ3) is 4.52. The lowest BCUT2D eigenvalue weighted by Gasteiger charge is -2.09. The number of amides is 1. The van der Waals surface area contributed by atoms with Crippen molar-refractivity contribution < 1.29 is 4.79 Å². The molecule has 5 heteroatoms. The summed E-state index contributed by atoms with van der Waals surface area (Å²) in [6.07, 6.45) is 3.27. The Hall–Kier alpha value is -0.710. The second-order valence-electron chi connectivity index (χ2n) is 5.51. The summed E-state index contributed by atoms with van der Waals surface area (Å²) in [5, 5.41) is 7.91. The van der Waals surface area contributed by atoms with Crippen molar-refractivity contribution >= 4 is 22.8 Å². The minimum Gasteiger partial charge on any atom is -0.364 e. The molecule has 2 rings (SSSR count). The van der Waals surface area contributed by atoms with Crippen LogP contribution in [0.3, 0.4) is 0 Å². The molecule has 1 heterocycles. The number of carbonyl (C=O) groups excluding carboxylic acids is 1. The first-order valence-corrected chi connectivity index (χ1v) is 7.75. The molecule has 1 aliphatic carbocycles. The molecule has 2 N–H and O–H groups in total. The Kier molecular flexibility index (Phi) is 4.92. The van der Waals surface area contributed by atoms with E-state index in [1.807, 2.05) is 11.8 Å². The Morgan fingerprint density at radius 1 is 1.50 bits per heavy atom. The zero-order chi connectivity index (χ0) is 13.0. The summed E-state index contributed by atoms with van der Waals surface area (Å²) >= 11 is 1.86. The molecule has 1 amide bonds. The van der Waals surface area contributed by atoms with Crippen LogP contribution in [-0.4, -0.2) is 36.0 Å². The van der Waals surface area contributed by atoms with Gasteiger partial charge in [-0.2, -0.15) is 0 Å². The SMILES string of the molecule is CC(C)CNC(=O)CCNC1=NCC(C2CC2)S1. The Bertz CT molecular complexity index is 326. The first-order valence-electron chi connectivity index (χ1n) is 6.87. The van der Waals surface area contributed by atoms with E-state index in [1.54, 1.807) is 0 Å². The largest absolute Gasteiger partial charge is 0.364 e. The highest BCUT2D eigenvalue weighted by atomic mass is 32.2. The summed E-state index contributed by atoms with van der Waals surface area (Å²) in [5.41, 5.74) is 0. The fourth-order valence-corrected chi connectivity index (χ4v) is 3.13. The molecule has 1 aliphatic heterocycles. The summed E-state index contributed by atoms with van der Waals surface area (Å²) in [6, 6.07) is 0. The average molecular weight is 269 g/mol. The molecule has 4 nitrogen and oxygen atoms in total. The van der Waals surface area contributed by atoms with Crippen LogP contribution in [0.1, 0.15) is 33.1 Å². The second-order valence-corrected chi connectivity index (χ2v) is 6.74. The standard InChI is InChI=1S/C13H23N3OS/c1-9(2)7-15-12(17)5-6-14-13-16-8-11(18-13)10-3-4-10/h9-11H,3-8H2,1-2H3,(H,14,16)(H,15,17). The quantitative estimate of drug-likeness (QED) is 0.770. The molecule has 18 heavy (non-hydrogen) atoms. The molecule has 0 radical (unpaired) electrons. The van der Waals surface area contributed by atoms with E-state index in [0.717, 1.165) is 24.2 Å². The van der Waals surface area contributed by atoms with Gasteiger partial charge in [-0.1, -0.05) is 25.6 Å². The summed E-state index contributed by atoms with van der Waals surface area (Å²) in [4.78, 5) is 16.0. The lowest BCUT2D eigenvalue weighted by Crippen LogP contribution is -2.31. The van der Waals surface area contributed by atoms with Crippen LogP contribution in [0.15, 0.2) is 4.99 Å². The van der Waals surface area contributed by atoms with Crippen molar-refractivity contribution in [2.45, 2.75) is 38.4 Å². The van der Waals surface area contributed by atoms with Crippen molar-refractivity contribution in [1.29, 1.82) is 0 Å². The van der Waals surface area contributed by atoms with Gasteiger partial charge in [0.15, 0.2) is 5.17 Å². The predicted octanol–water partition coefficient (Wildman–Crippen LogP) is 1.62. The van der Waals surface area contributed by atoms with E-state index in [0.29, 0.717) is 24.1 Å². The van der Waals surface area contributed by atoms with Crippen molar-refractivity contribution in [2.24, 2.45) is 16.8 Å². The van der Waals surface area contributed by atoms with Crippen LogP contribution in [0, 0.1) is 11.8 Å². The lowest BCUT2D eigenvalue weighted by molar-refractivity contribution is -0.121. The molecule has 0 aromatic carbocycles. The average Bonchev–Trinajstić information content (AvgIpc) is 3.07. The van der Waals surface area contributed by atoms with Crippen LogP contribution in [0.4, 0.5) is 0 Å². The van der Waals surface area contributed by atoms with Crippen molar-refractivity contribution in [2.75, 3.05) is 19.6 Å². The van der Waals surface area contributed by atoms with E-state index in [2.05, 4.69) is 29.5 Å². The van der Waals surface area contributed by atoms with Gasteiger partial charge >= 0.3 is 0 Å². The summed E-state index contributed by atoms with van der Waals surface area (Å²) in [7, 11) is 0. The van der Waals surface area contributed by atoms with E-state index in [4.69, 9.17) is 0 Å². The number of aliphatic imine (C=N–C) groups is 1. The van der Waals surface area contributed by atoms with Gasteiger partial charge in [0.05, 0.1) is 6.54 Å². The van der Waals surface area contributed by atoms with Crippen LogP contribution in [-0.2, 0) is 4.79 Å². The predicted molar refractivity (Wildman–Crippen MR) is 76.9 cm³/mol. The number of nitrogens with one attached hydrogen (secondary N) is 2. The Balaban J connectivity index is 1.54. The molecule has 2 aliphatic rings.